The number of nitrogens with zero attached hydrogens (tertiary/aromatic N) is 1. The van der Waals surface area contributed by atoms with Gasteiger partial charge in [0.25, 0.3) is 5.56 Å². The molecular weight excluding hydrogens is 382 g/mol. The zero-order chi connectivity index (χ0) is 20.8. The summed E-state index contributed by atoms with van der Waals surface area (Å²) < 4.78 is 0. The van der Waals surface area contributed by atoms with Crippen molar-refractivity contribution in [2.45, 2.75) is 26.8 Å². The van der Waals surface area contributed by atoms with Crippen molar-refractivity contribution in [3.63, 3.8) is 0 Å². The fourth-order valence-electron chi connectivity index (χ4n) is 3.29. The Bertz CT molecular complexity index is 1050. The first-order valence-electron chi connectivity index (χ1n) is 9.78. The molecule has 152 valence electrons. The Kier molecular flexibility index (Phi) is 7.01. The molecule has 0 fully saturated rings. The average molecular weight is 410 g/mol. The lowest BCUT2D eigenvalue weighted by Crippen LogP contribution is -2.42. The highest BCUT2D eigenvalue weighted by Crippen LogP contribution is 2.17. The number of H-pyrrole nitrogens is 1. The number of aryl methyl sites for hydroxylation is 2. The van der Waals surface area contributed by atoms with Gasteiger partial charge in [-0.2, -0.15) is 0 Å². The van der Waals surface area contributed by atoms with E-state index in [1.165, 1.54) is 11.1 Å². The molecular formula is C23H27N3O2S. The van der Waals surface area contributed by atoms with Gasteiger partial charge in [0, 0.05) is 24.2 Å². The molecule has 1 aromatic heterocycles. The van der Waals surface area contributed by atoms with Crippen molar-refractivity contribution in [2.75, 3.05) is 19.7 Å². The predicted octanol–water partition coefficient (Wildman–Crippen LogP) is 3.06. The van der Waals surface area contributed by atoms with Gasteiger partial charge < -0.3 is 20.3 Å². The van der Waals surface area contributed by atoms with Gasteiger partial charge in [0.15, 0.2) is 5.11 Å². The number of pyridine rings is 1. The van der Waals surface area contributed by atoms with Crippen LogP contribution in [0.2, 0.25) is 0 Å². The molecule has 0 atom stereocenters. The van der Waals surface area contributed by atoms with Crippen molar-refractivity contribution in [1.29, 1.82) is 0 Å². The number of aliphatic hydroxyl groups excluding tert-OH is 1. The highest BCUT2D eigenvalue weighted by Gasteiger charge is 2.13. The molecule has 0 aliphatic rings. The molecule has 0 saturated carbocycles. The molecule has 6 heteroatoms. The molecule has 0 saturated heterocycles. The molecule has 2 aromatic carbocycles. The van der Waals surface area contributed by atoms with Gasteiger partial charge in [-0.15, -0.1) is 0 Å². The van der Waals surface area contributed by atoms with Crippen molar-refractivity contribution >= 4 is 28.2 Å². The van der Waals surface area contributed by atoms with E-state index in [9.17, 15) is 9.90 Å². The van der Waals surface area contributed by atoms with Crippen molar-refractivity contribution in [1.82, 2.24) is 15.2 Å². The first-order chi connectivity index (χ1) is 14.0. The van der Waals surface area contributed by atoms with E-state index in [2.05, 4.69) is 35.4 Å². The Morgan fingerprint density at radius 1 is 1.14 bits per heavy atom. The Morgan fingerprint density at radius 2 is 1.86 bits per heavy atom. The molecule has 0 aliphatic carbocycles. The number of hydrogen-bond acceptors (Lipinski definition) is 3. The maximum absolute atomic E-state index is 12.6. The van der Waals surface area contributed by atoms with Gasteiger partial charge in [0.1, 0.15) is 0 Å². The highest BCUT2D eigenvalue weighted by atomic mass is 32.1. The lowest BCUT2D eigenvalue weighted by Gasteiger charge is -2.25. The maximum Gasteiger partial charge on any atom is 0.253 e. The fourth-order valence-corrected chi connectivity index (χ4v) is 3.55. The van der Waals surface area contributed by atoms with Crippen molar-refractivity contribution in [3.05, 3.63) is 81.1 Å². The van der Waals surface area contributed by atoms with Gasteiger partial charge in [-0.1, -0.05) is 30.3 Å². The van der Waals surface area contributed by atoms with Crippen molar-refractivity contribution in [3.8, 4) is 0 Å². The van der Waals surface area contributed by atoms with Crippen LogP contribution in [0.15, 0.2) is 53.3 Å². The summed E-state index contributed by atoms with van der Waals surface area (Å²) in [5, 5.41) is 14.2. The first-order valence-corrected chi connectivity index (χ1v) is 10.2. The molecule has 0 bridgehead atoms. The third kappa shape index (κ3) is 5.43. The van der Waals surface area contributed by atoms with E-state index < -0.39 is 0 Å². The smallest absolute Gasteiger partial charge is 0.253 e. The summed E-state index contributed by atoms with van der Waals surface area (Å²) in [5.74, 6) is 0. The van der Waals surface area contributed by atoms with Gasteiger partial charge in [0.2, 0.25) is 0 Å². The Balaban J connectivity index is 1.72. The summed E-state index contributed by atoms with van der Waals surface area (Å²) in [7, 11) is 0. The molecule has 0 amide bonds. The van der Waals surface area contributed by atoms with Crippen LogP contribution in [0.1, 0.15) is 22.3 Å². The number of hydrogen-bond donors (Lipinski definition) is 3. The molecule has 0 aliphatic heterocycles. The van der Waals surface area contributed by atoms with Gasteiger partial charge in [-0.3, -0.25) is 4.79 Å². The van der Waals surface area contributed by atoms with Crippen LogP contribution >= 0.6 is 12.2 Å². The number of thiocarbonyl (C=S) groups is 1. The lowest BCUT2D eigenvalue weighted by atomic mass is 10.0. The molecule has 3 aromatic rings. The SMILES string of the molecule is Cc1cc2cc(CN(CCO)C(=S)NCCc3ccccc3)c(=O)[nH]c2cc1C. The predicted molar refractivity (Wildman–Crippen MR) is 122 cm³/mol. The Hall–Kier alpha value is -2.70. The number of nitrogens with one attached hydrogen (secondary N) is 2. The second kappa shape index (κ2) is 9.67. The summed E-state index contributed by atoms with van der Waals surface area (Å²) in [6, 6.07) is 16.2. The van der Waals surface area contributed by atoms with E-state index in [0.29, 0.717) is 30.3 Å². The standard InChI is InChI=1S/C23H27N3O2S/c1-16-12-19-14-20(22(28)25-21(19)13-17(16)2)15-26(10-11-27)23(29)24-9-8-18-6-4-3-5-7-18/h3-7,12-14,27H,8-11,15H2,1-2H3,(H,24,29)(H,25,28). The third-order valence-electron chi connectivity index (χ3n) is 5.09. The quantitative estimate of drug-likeness (QED) is 0.524. The number of aromatic amines is 1. The van der Waals surface area contributed by atoms with E-state index in [4.69, 9.17) is 12.2 Å². The van der Waals surface area contributed by atoms with Crippen LogP contribution < -0.4 is 10.9 Å². The Labute approximate surface area is 176 Å². The van der Waals surface area contributed by atoms with Crippen LogP contribution in [0.3, 0.4) is 0 Å². The molecule has 5 nitrogen and oxygen atoms in total. The minimum Gasteiger partial charge on any atom is -0.395 e. The molecule has 0 unspecified atom stereocenters. The number of rotatable bonds is 7. The normalized spacial score (nSPS) is 10.9. The Morgan fingerprint density at radius 3 is 2.59 bits per heavy atom. The first kappa shape index (κ1) is 21.0. The van der Waals surface area contributed by atoms with E-state index in [1.54, 1.807) is 0 Å². The average Bonchev–Trinajstić information content (AvgIpc) is 2.70. The van der Waals surface area contributed by atoms with Gasteiger partial charge in [-0.05, 0) is 72.8 Å². The molecule has 3 rings (SSSR count). The summed E-state index contributed by atoms with van der Waals surface area (Å²) in [5.41, 5.74) is 4.89. The van der Waals surface area contributed by atoms with E-state index >= 15 is 0 Å². The summed E-state index contributed by atoms with van der Waals surface area (Å²) >= 11 is 5.52. The van der Waals surface area contributed by atoms with Crippen molar-refractivity contribution < 1.29 is 5.11 Å². The largest absolute Gasteiger partial charge is 0.395 e. The summed E-state index contributed by atoms with van der Waals surface area (Å²) in [4.78, 5) is 17.4. The minimum absolute atomic E-state index is 0.0374. The molecule has 29 heavy (non-hydrogen) atoms. The summed E-state index contributed by atoms with van der Waals surface area (Å²) in [6.45, 7) is 5.45. The molecule has 3 N–H and O–H groups in total. The number of aromatic nitrogens is 1. The topological polar surface area (TPSA) is 68.4 Å². The highest BCUT2D eigenvalue weighted by molar-refractivity contribution is 7.80. The second-order valence-electron chi connectivity index (χ2n) is 7.26. The third-order valence-corrected chi connectivity index (χ3v) is 5.49. The van der Waals surface area contributed by atoms with E-state index in [1.807, 2.05) is 42.2 Å². The lowest BCUT2D eigenvalue weighted by molar-refractivity contribution is 0.245. The van der Waals surface area contributed by atoms with Crippen LogP contribution in [0, 0.1) is 13.8 Å². The zero-order valence-electron chi connectivity index (χ0n) is 16.9. The zero-order valence-corrected chi connectivity index (χ0v) is 17.7. The molecule has 0 spiro atoms. The summed E-state index contributed by atoms with van der Waals surface area (Å²) in [6.07, 6.45) is 0.850. The van der Waals surface area contributed by atoms with Gasteiger partial charge >= 0.3 is 0 Å². The van der Waals surface area contributed by atoms with Crippen LogP contribution in [-0.4, -0.2) is 39.8 Å². The van der Waals surface area contributed by atoms with Crippen LogP contribution in [0.5, 0.6) is 0 Å². The van der Waals surface area contributed by atoms with Crippen LogP contribution in [-0.2, 0) is 13.0 Å². The van der Waals surface area contributed by atoms with Gasteiger partial charge in [0.05, 0.1) is 13.2 Å². The maximum atomic E-state index is 12.6. The number of fused-ring (bicyclic) bond motifs is 1. The van der Waals surface area contributed by atoms with Crippen LogP contribution in [0.25, 0.3) is 10.9 Å². The van der Waals surface area contributed by atoms with Gasteiger partial charge in [-0.25, -0.2) is 0 Å². The number of aliphatic hydroxyl groups is 1. The van der Waals surface area contributed by atoms with Crippen molar-refractivity contribution in [2.24, 2.45) is 0 Å². The fraction of sp³-hybridized carbons (Fsp3) is 0.304. The minimum atomic E-state index is -0.129. The molecule has 0 radical (unpaired) electrons. The molecule has 1 heterocycles. The second-order valence-corrected chi connectivity index (χ2v) is 7.65. The number of benzene rings is 2. The van der Waals surface area contributed by atoms with E-state index in [0.717, 1.165) is 22.9 Å². The van der Waals surface area contributed by atoms with E-state index in [-0.39, 0.29) is 12.2 Å². The van der Waals surface area contributed by atoms with Crippen LogP contribution in [0.4, 0.5) is 0 Å². The monoisotopic (exact) mass is 409 g/mol.